The highest BCUT2D eigenvalue weighted by atomic mass is 15.0. The standard InChI is InChI=1S/C5H9N.2H3N/c1-4-6(3)5-2;;/h4-5H,1-2H2,3H3;2*1H3. The van der Waals surface area contributed by atoms with E-state index in [1.807, 2.05) is 7.05 Å². The Morgan fingerprint density at radius 1 is 1.12 bits per heavy atom. The molecular formula is C5H15N3. The lowest BCUT2D eigenvalue weighted by Gasteiger charge is -2.00. The molecule has 0 aliphatic carbocycles. The number of nitrogens with zero attached hydrogens (tertiary/aromatic N) is 1. The van der Waals surface area contributed by atoms with Gasteiger partial charge in [-0.2, -0.15) is 0 Å². The highest BCUT2D eigenvalue weighted by molar-refractivity contribution is 4.75. The Bertz CT molecular complexity index is 52.7. The van der Waals surface area contributed by atoms with E-state index >= 15 is 0 Å². The number of hydrogen-bond donors (Lipinski definition) is 2. The fourth-order valence-electron chi connectivity index (χ4n) is 0.0745. The van der Waals surface area contributed by atoms with Crippen molar-refractivity contribution in [3.8, 4) is 0 Å². The first-order chi connectivity index (χ1) is 2.81. The van der Waals surface area contributed by atoms with Gasteiger partial charge in [-0.25, -0.2) is 0 Å². The molecule has 0 bridgehead atoms. The summed E-state index contributed by atoms with van der Waals surface area (Å²) in [7, 11) is 1.88. The number of hydrogen-bond acceptors (Lipinski definition) is 3. The third-order valence-electron chi connectivity index (χ3n) is 0.576. The summed E-state index contributed by atoms with van der Waals surface area (Å²) in [5.74, 6) is 0. The summed E-state index contributed by atoms with van der Waals surface area (Å²) < 4.78 is 0. The lowest BCUT2D eigenvalue weighted by atomic mass is 10.8. The van der Waals surface area contributed by atoms with Crippen molar-refractivity contribution in [2.45, 2.75) is 0 Å². The van der Waals surface area contributed by atoms with Crippen molar-refractivity contribution >= 4 is 0 Å². The fraction of sp³-hybridized carbons (Fsp3) is 0.200. The molecule has 0 fully saturated rings. The van der Waals surface area contributed by atoms with Gasteiger partial charge in [0.2, 0.25) is 0 Å². The van der Waals surface area contributed by atoms with Gasteiger partial charge in [-0.3, -0.25) is 0 Å². The summed E-state index contributed by atoms with van der Waals surface area (Å²) in [5.41, 5.74) is 0. The van der Waals surface area contributed by atoms with E-state index in [4.69, 9.17) is 0 Å². The van der Waals surface area contributed by atoms with Crippen LogP contribution >= 0.6 is 0 Å². The van der Waals surface area contributed by atoms with E-state index in [9.17, 15) is 0 Å². The lowest BCUT2D eigenvalue weighted by Crippen LogP contribution is -1.96. The first-order valence-corrected chi connectivity index (χ1v) is 1.78. The highest BCUT2D eigenvalue weighted by Gasteiger charge is 1.68. The summed E-state index contributed by atoms with van der Waals surface area (Å²) in [6.45, 7) is 6.97. The van der Waals surface area contributed by atoms with Crippen molar-refractivity contribution in [1.29, 1.82) is 0 Å². The first-order valence-electron chi connectivity index (χ1n) is 1.78. The van der Waals surface area contributed by atoms with E-state index < -0.39 is 0 Å². The van der Waals surface area contributed by atoms with Crippen molar-refractivity contribution in [3.63, 3.8) is 0 Å². The summed E-state index contributed by atoms with van der Waals surface area (Å²) in [5, 5.41) is 0. The average Bonchev–Trinajstić information content (AvgIpc) is 1.65. The van der Waals surface area contributed by atoms with E-state index in [1.54, 1.807) is 17.3 Å². The molecule has 0 aliphatic rings. The molecule has 0 saturated carbocycles. The largest absolute Gasteiger partial charge is 0.358 e. The highest BCUT2D eigenvalue weighted by Crippen LogP contribution is 1.75. The topological polar surface area (TPSA) is 73.2 Å². The average molecular weight is 117 g/mol. The molecule has 0 amide bonds. The normalized spacial score (nSPS) is 5.12. The van der Waals surface area contributed by atoms with Crippen LogP contribution in [0.25, 0.3) is 0 Å². The molecule has 0 rings (SSSR count). The van der Waals surface area contributed by atoms with Crippen LogP contribution in [0.2, 0.25) is 0 Å². The monoisotopic (exact) mass is 117 g/mol. The molecule has 0 spiro atoms. The smallest absolute Gasteiger partial charge is 0.0106 e. The summed E-state index contributed by atoms with van der Waals surface area (Å²) >= 11 is 0. The lowest BCUT2D eigenvalue weighted by molar-refractivity contribution is 0.631. The van der Waals surface area contributed by atoms with Crippen LogP contribution in [0.5, 0.6) is 0 Å². The van der Waals surface area contributed by atoms with Gasteiger partial charge in [-0.15, -0.1) is 0 Å². The molecule has 8 heavy (non-hydrogen) atoms. The van der Waals surface area contributed by atoms with Crippen LogP contribution in [0.15, 0.2) is 25.6 Å². The molecule has 3 heteroatoms. The zero-order valence-corrected chi connectivity index (χ0v) is 5.43. The van der Waals surface area contributed by atoms with Gasteiger partial charge in [0.25, 0.3) is 0 Å². The van der Waals surface area contributed by atoms with Crippen LogP contribution < -0.4 is 12.3 Å². The quantitative estimate of drug-likeness (QED) is 0.576. The third kappa shape index (κ3) is 8.96. The van der Waals surface area contributed by atoms with Crippen LogP contribution in [0.1, 0.15) is 0 Å². The Labute approximate surface area is 50.9 Å². The van der Waals surface area contributed by atoms with Crippen molar-refractivity contribution < 1.29 is 0 Å². The first kappa shape index (κ1) is 15.7. The van der Waals surface area contributed by atoms with Gasteiger partial charge in [0.15, 0.2) is 0 Å². The molecule has 0 radical (unpaired) electrons. The van der Waals surface area contributed by atoms with Gasteiger partial charge >= 0.3 is 0 Å². The molecule has 0 unspecified atom stereocenters. The Morgan fingerprint density at radius 3 is 1.38 bits per heavy atom. The van der Waals surface area contributed by atoms with Crippen molar-refractivity contribution in [2.75, 3.05) is 7.05 Å². The van der Waals surface area contributed by atoms with Gasteiger partial charge in [0, 0.05) is 7.05 Å². The minimum absolute atomic E-state index is 0. The SMILES string of the molecule is C=CN(C)C=C.N.N. The molecule has 0 aromatic heterocycles. The second-order valence-electron chi connectivity index (χ2n) is 1.03. The van der Waals surface area contributed by atoms with Crippen LogP contribution in [-0.4, -0.2) is 11.9 Å². The Kier molecular flexibility index (Phi) is 18.6. The Balaban J connectivity index is -0.000000125. The molecule has 50 valence electrons. The predicted molar refractivity (Wildman–Crippen MR) is 38.2 cm³/mol. The van der Waals surface area contributed by atoms with Crippen molar-refractivity contribution in [2.24, 2.45) is 0 Å². The van der Waals surface area contributed by atoms with Gasteiger partial charge in [-0.1, -0.05) is 13.2 Å². The van der Waals surface area contributed by atoms with Gasteiger partial charge in [0.1, 0.15) is 0 Å². The molecule has 0 aromatic rings. The fourth-order valence-corrected chi connectivity index (χ4v) is 0.0745. The molecule has 0 aromatic carbocycles. The van der Waals surface area contributed by atoms with Crippen LogP contribution in [0.4, 0.5) is 0 Å². The minimum atomic E-state index is 0. The van der Waals surface area contributed by atoms with Gasteiger partial charge < -0.3 is 17.2 Å². The molecule has 3 nitrogen and oxygen atoms in total. The maximum Gasteiger partial charge on any atom is 0.0106 e. The number of rotatable bonds is 2. The predicted octanol–water partition coefficient (Wildman–Crippen LogP) is 1.53. The zero-order valence-electron chi connectivity index (χ0n) is 5.43. The van der Waals surface area contributed by atoms with E-state index in [1.165, 1.54) is 0 Å². The van der Waals surface area contributed by atoms with Crippen molar-refractivity contribution in [3.05, 3.63) is 25.6 Å². The van der Waals surface area contributed by atoms with Crippen LogP contribution in [-0.2, 0) is 0 Å². The van der Waals surface area contributed by atoms with Crippen LogP contribution in [0, 0.1) is 0 Å². The summed E-state index contributed by atoms with van der Waals surface area (Å²) in [6.07, 6.45) is 3.38. The minimum Gasteiger partial charge on any atom is -0.358 e. The maximum atomic E-state index is 3.49. The Morgan fingerprint density at radius 2 is 1.38 bits per heavy atom. The van der Waals surface area contributed by atoms with E-state index in [-0.39, 0.29) is 12.3 Å². The zero-order chi connectivity index (χ0) is 4.99. The second-order valence-corrected chi connectivity index (χ2v) is 1.03. The summed E-state index contributed by atoms with van der Waals surface area (Å²) in [4.78, 5) is 1.78. The molecular weight excluding hydrogens is 102 g/mol. The van der Waals surface area contributed by atoms with Gasteiger partial charge in [-0.05, 0) is 12.4 Å². The van der Waals surface area contributed by atoms with E-state index in [2.05, 4.69) is 13.2 Å². The molecule has 0 atom stereocenters. The van der Waals surface area contributed by atoms with E-state index in [0.29, 0.717) is 0 Å². The third-order valence-corrected chi connectivity index (χ3v) is 0.576. The molecule has 6 N–H and O–H groups in total. The molecule has 0 heterocycles. The van der Waals surface area contributed by atoms with Crippen LogP contribution in [0.3, 0.4) is 0 Å². The second kappa shape index (κ2) is 9.50. The van der Waals surface area contributed by atoms with E-state index in [0.717, 1.165) is 0 Å². The Hall–Kier alpha value is -0.800. The van der Waals surface area contributed by atoms with Gasteiger partial charge in [0.05, 0.1) is 0 Å². The molecule has 0 aliphatic heterocycles. The van der Waals surface area contributed by atoms with Crippen molar-refractivity contribution in [1.82, 2.24) is 17.2 Å². The molecule has 0 saturated heterocycles. The summed E-state index contributed by atoms with van der Waals surface area (Å²) in [6, 6.07) is 0. The maximum absolute atomic E-state index is 3.49.